The molecule has 0 fully saturated rings. The Labute approximate surface area is 179 Å². The van der Waals surface area contributed by atoms with Gasteiger partial charge in [-0.3, -0.25) is 9.78 Å². The van der Waals surface area contributed by atoms with Gasteiger partial charge in [0.25, 0.3) is 5.91 Å². The predicted octanol–water partition coefficient (Wildman–Crippen LogP) is 3.97. The minimum Gasteiger partial charge on any atom is -0.493 e. The van der Waals surface area contributed by atoms with Crippen LogP contribution < -0.4 is 14.9 Å². The molecule has 0 unspecified atom stereocenters. The van der Waals surface area contributed by atoms with Gasteiger partial charge in [-0.2, -0.15) is 5.10 Å². The molecule has 1 amide bonds. The number of hydrogen-bond donors (Lipinski definition) is 1. The second-order valence-corrected chi connectivity index (χ2v) is 6.82. The molecule has 0 aliphatic carbocycles. The highest BCUT2D eigenvalue weighted by atomic mass is 79.9. The molecule has 0 radical (unpaired) electrons. The van der Waals surface area contributed by atoms with Gasteiger partial charge in [0, 0.05) is 16.9 Å². The number of esters is 1. The maximum atomic E-state index is 13.3. The Bertz CT molecular complexity index is 1120. The van der Waals surface area contributed by atoms with Crippen LogP contribution in [0.1, 0.15) is 26.3 Å². The Morgan fingerprint density at radius 2 is 1.93 bits per heavy atom. The van der Waals surface area contributed by atoms with Crippen molar-refractivity contribution < 1.29 is 23.5 Å². The quantitative estimate of drug-likeness (QED) is 0.254. The Kier molecular flexibility index (Phi) is 6.87. The van der Waals surface area contributed by atoms with E-state index in [9.17, 15) is 14.0 Å². The SMILES string of the molecule is COc1cc(/C=N/NC(=O)c2cncc(Br)c2)ccc1OC(=O)c1cccc(F)c1. The van der Waals surface area contributed by atoms with E-state index in [-0.39, 0.29) is 17.1 Å². The van der Waals surface area contributed by atoms with Crippen LogP contribution in [0.4, 0.5) is 4.39 Å². The number of benzene rings is 2. The van der Waals surface area contributed by atoms with Crippen LogP contribution in [0.5, 0.6) is 11.5 Å². The predicted molar refractivity (Wildman–Crippen MR) is 111 cm³/mol. The van der Waals surface area contributed by atoms with Crippen molar-refractivity contribution in [2.45, 2.75) is 0 Å². The van der Waals surface area contributed by atoms with E-state index in [2.05, 4.69) is 31.4 Å². The number of halogens is 2. The van der Waals surface area contributed by atoms with Crippen LogP contribution in [-0.2, 0) is 0 Å². The van der Waals surface area contributed by atoms with Crippen LogP contribution in [0.3, 0.4) is 0 Å². The molecule has 0 aliphatic rings. The summed E-state index contributed by atoms with van der Waals surface area (Å²) in [5, 5.41) is 3.90. The average molecular weight is 472 g/mol. The molecule has 7 nitrogen and oxygen atoms in total. The van der Waals surface area contributed by atoms with Gasteiger partial charge in [-0.25, -0.2) is 14.6 Å². The van der Waals surface area contributed by atoms with Gasteiger partial charge in [0.2, 0.25) is 0 Å². The molecule has 3 rings (SSSR count). The number of carbonyl (C=O) groups excluding carboxylic acids is 2. The average Bonchev–Trinajstić information content (AvgIpc) is 2.74. The lowest BCUT2D eigenvalue weighted by molar-refractivity contribution is 0.0729. The summed E-state index contributed by atoms with van der Waals surface area (Å²) < 4.78 is 24.5. The van der Waals surface area contributed by atoms with Crippen LogP contribution in [0.2, 0.25) is 0 Å². The maximum absolute atomic E-state index is 13.3. The van der Waals surface area contributed by atoms with Crippen molar-refractivity contribution in [3.63, 3.8) is 0 Å². The van der Waals surface area contributed by atoms with E-state index >= 15 is 0 Å². The van der Waals surface area contributed by atoms with Crippen LogP contribution in [0.15, 0.2) is 70.5 Å². The van der Waals surface area contributed by atoms with Crippen molar-refractivity contribution in [3.8, 4) is 11.5 Å². The van der Waals surface area contributed by atoms with E-state index < -0.39 is 17.7 Å². The highest BCUT2D eigenvalue weighted by Crippen LogP contribution is 2.28. The van der Waals surface area contributed by atoms with Gasteiger partial charge in [0.1, 0.15) is 5.82 Å². The summed E-state index contributed by atoms with van der Waals surface area (Å²) in [5.74, 6) is -1.25. The first-order valence-electron chi connectivity index (χ1n) is 8.56. The standard InChI is InChI=1S/C21H15BrFN3O4/c1-29-19-7-13(10-25-26-20(27)15-8-16(22)12-24-11-15)5-6-18(19)30-21(28)14-3-2-4-17(23)9-14/h2-12H,1H3,(H,26,27)/b25-10+. The van der Waals surface area contributed by atoms with Crippen molar-refractivity contribution in [3.05, 3.63) is 87.9 Å². The largest absolute Gasteiger partial charge is 0.493 e. The molecule has 1 N–H and O–H groups in total. The molecule has 0 spiro atoms. The Balaban J connectivity index is 1.68. The summed E-state index contributed by atoms with van der Waals surface area (Å²) in [6.45, 7) is 0. The Morgan fingerprint density at radius 1 is 1.10 bits per heavy atom. The molecule has 2 aromatic carbocycles. The number of methoxy groups -OCH3 is 1. The number of hydrazone groups is 1. The third kappa shape index (κ3) is 5.48. The molecule has 0 atom stereocenters. The van der Waals surface area contributed by atoms with E-state index in [0.717, 1.165) is 6.07 Å². The lowest BCUT2D eigenvalue weighted by Crippen LogP contribution is -2.17. The van der Waals surface area contributed by atoms with Crippen molar-refractivity contribution in [2.24, 2.45) is 5.10 Å². The molecule has 1 aromatic heterocycles. The molecule has 0 saturated heterocycles. The van der Waals surface area contributed by atoms with E-state index in [4.69, 9.17) is 9.47 Å². The molecule has 9 heteroatoms. The third-order valence-corrected chi connectivity index (χ3v) is 4.23. The zero-order valence-electron chi connectivity index (χ0n) is 15.6. The minimum absolute atomic E-state index is 0.0763. The zero-order chi connectivity index (χ0) is 21.5. The molecule has 30 heavy (non-hydrogen) atoms. The number of ether oxygens (including phenoxy) is 2. The van der Waals surface area contributed by atoms with Crippen molar-refractivity contribution >= 4 is 34.0 Å². The van der Waals surface area contributed by atoms with Crippen LogP contribution in [-0.4, -0.2) is 30.2 Å². The van der Waals surface area contributed by atoms with Gasteiger partial charge in [0.15, 0.2) is 11.5 Å². The molecule has 0 saturated carbocycles. The number of rotatable bonds is 6. The van der Waals surface area contributed by atoms with E-state index in [1.165, 1.54) is 43.8 Å². The summed E-state index contributed by atoms with van der Waals surface area (Å²) in [7, 11) is 1.41. The van der Waals surface area contributed by atoms with E-state index in [1.54, 1.807) is 24.4 Å². The Hall–Kier alpha value is -3.59. The number of pyridine rings is 1. The summed E-state index contributed by atoms with van der Waals surface area (Å²) in [4.78, 5) is 28.2. The third-order valence-electron chi connectivity index (χ3n) is 3.80. The van der Waals surface area contributed by atoms with Gasteiger partial charge in [-0.15, -0.1) is 0 Å². The number of nitrogens with one attached hydrogen (secondary N) is 1. The Morgan fingerprint density at radius 3 is 2.67 bits per heavy atom. The number of amides is 1. The van der Waals surface area contributed by atoms with E-state index in [0.29, 0.717) is 15.6 Å². The van der Waals surface area contributed by atoms with E-state index in [1.807, 2.05) is 0 Å². The summed E-state index contributed by atoms with van der Waals surface area (Å²) in [6, 6.07) is 11.5. The topological polar surface area (TPSA) is 89.9 Å². The molecular weight excluding hydrogens is 457 g/mol. The van der Waals surface area contributed by atoms with Crippen molar-refractivity contribution in [1.29, 1.82) is 0 Å². The summed E-state index contributed by atoms with van der Waals surface area (Å²) in [6.07, 6.45) is 4.39. The molecule has 0 bridgehead atoms. The lowest BCUT2D eigenvalue weighted by atomic mass is 10.2. The van der Waals surface area contributed by atoms with Gasteiger partial charge in [-0.1, -0.05) is 6.07 Å². The number of aromatic nitrogens is 1. The fourth-order valence-corrected chi connectivity index (χ4v) is 2.75. The molecule has 152 valence electrons. The second-order valence-electron chi connectivity index (χ2n) is 5.90. The number of carbonyl (C=O) groups is 2. The first-order chi connectivity index (χ1) is 14.5. The van der Waals surface area contributed by atoms with Gasteiger partial charge in [-0.05, 0) is 64.0 Å². The first-order valence-corrected chi connectivity index (χ1v) is 9.35. The molecule has 1 heterocycles. The molecular formula is C21H15BrFN3O4. The highest BCUT2D eigenvalue weighted by Gasteiger charge is 2.13. The second kappa shape index (κ2) is 9.75. The van der Waals surface area contributed by atoms with Gasteiger partial charge < -0.3 is 9.47 Å². The minimum atomic E-state index is -0.718. The number of nitrogens with zero attached hydrogens (tertiary/aromatic N) is 2. The molecule has 0 aliphatic heterocycles. The zero-order valence-corrected chi connectivity index (χ0v) is 17.2. The van der Waals surface area contributed by atoms with Crippen LogP contribution in [0.25, 0.3) is 0 Å². The van der Waals surface area contributed by atoms with Crippen molar-refractivity contribution in [2.75, 3.05) is 7.11 Å². The fourth-order valence-electron chi connectivity index (χ4n) is 2.39. The fraction of sp³-hybridized carbons (Fsp3) is 0.0476. The maximum Gasteiger partial charge on any atom is 0.343 e. The first kappa shape index (κ1) is 21.1. The monoisotopic (exact) mass is 471 g/mol. The number of hydrogen-bond acceptors (Lipinski definition) is 6. The van der Waals surface area contributed by atoms with Gasteiger partial charge >= 0.3 is 5.97 Å². The lowest BCUT2D eigenvalue weighted by Gasteiger charge is -2.10. The van der Waals surface area contributed by atoms with Crippen LogP contribution in [0, 0.1) is 5.82 Å². The van der Waals surface area contributed by atoms with Crippen molar-refractivity contribution in [1.82, 2.24) is 10.4 Å². The summed E-state index contributed by atoms with van der Waals surface area (Å²) >= 11 is 3.24. The highest BCUT2D eigenvalue weighted by molar-refractivity contribution is 9.10. The van der Waals surface area contributed by atoms with Crippen LogP contribution >= 0.6 is 15.9 Å². The smallest absolute Gasteiger partial charge is 0.343 e. The molecule has 3 aromatic rings. The summed E-state index contributed by atoms with van der Waals surface area (Å²) in [5.41, 5.74) is 3.40. The normalized spacial score (nSPS) is 10.6. The van der Waals surface area contributed by atoms with Gasteiger partial charge in [0.05, 0.1) is 24.5 Å².